The second kappa shape index (κ2) is 5.61. The maximum Gasteiger partial charge on any atom is 0.231 e. The summed E-state index contributed by atoms with van der Waals surface area (Å²) in [6.07, 6.45) is 3.00. The second-order valence-electron chi connectivity index (χ2n) is 5.76. The zero-order valence-corrected chi connectivity index (χ0v) is 12.7. The molecule has 3 heterocycles. The third-order valence-corrected chi connectivity index (χ3v) is 4.40. The van der Waals surface area contributed by atoms with Crippen molar-refractivity contribution in [2.45, 2.75) is 45.3 Å². The minimum atomic E-state index is 0.319. The number of rotatable bonds is 4. The van der Waals surface area contributed by atoms with Gasteiger partial charge < -0.3 is 19.4 Å². The third-order valence-electron chi connectivity index (χ3n) is 4.40. The highest BCUT2D eigenvalue weighted by Gasteiger charge is 2.23. The summed E-state index contributed by atoms with van der Waals surface area (Å²) in [6.45, 7) is 4.17. The molecule has 2 aromatic rings. The van der Waals surface area contributed by atoms with Crippen LogP contribution in [0.4, 0.5) is 0 Å². The molecule has 1 atom stereocenters. The van der Waals surface area contributed by atoms with Gasteiger partial charge in [-0.3, -0.25) is 0 Å². The van der Waals surface area contributed by atoms with E-state index >= 15 is 0 Å². The van der Waals surface area contributed by atoms with Gasteiger partial charge in [0.1, 0.15) is 11.6 Å². The summed E-state index contributed by atoms with van der Waals surface area (Å²) in [5.74, 6) is 3.92. The van der Waals surface area contributed by atoms with Gasteiger partial charge in [-0.1, -0.05) is 19.1 Å². The highest BCUT2D eigenvalue weighted by molar-refractivity contribution is 5.48. The largest absolute Gasteiger partial charge is 0.454 e. The lowest BCUT2D eigenvalue weighted by Gasteiger charge is -2.25. The number of nitrogens with one attached hydrogen (secondary N) is 1. The number of fused-ring (bicyclic) bond motifs is 2. The number of nitrogens with zero attached hydrogens (tertiary/aromatic N) is 3. The summed E-state index contributed by atoms with van der Waals surface area (Å²) >= 11 is 0. The van der Waals surface area contributed by atoms with Crippen molar-refractivity contribution < 1.29 is 9.47 Å². The fraction of sp³-hybridized carbons (Fsp3) is 0.500. The van der Waals surface area contributed by atoms with Gasteiger partial charge in [-0.15, -0.1) is 10.2 Å². The number of para-hydroxylation sites is 1. The number of hydrogen-bond donors (Lipinski definition) is 1. The normalized spacial score (nSPS) is 19.2. The fourth-order valence-electron chi connectivity index (χ4n) is 3.20. The molecule has 0 fully saturated rings. The van der Waals surface area contributed by atoms with Crippen LogP contribution in [0.15, 0.2) is 18.2 Å². The van der Waals surface area contributed by atoms with E-state index < -0.39 is 0 Å². The van der Waals surface area contributed by atoms with Gasteiger partial charge >= 0.3 is 0 Å². The van der Waals surface area contributed by atoms with Crippen LogP contribution in [0.25, 0.3) is 0 Å². The van der Waals surface area contributed by atoms with Crippen molar-refractivity contribution in [2.24, 2.45) is 0 Å². The van der Waals surface area contributed by atoms with Gasteiger partial charge in [0.25, 0.3) is 0 Å². The third kappa shape index (κ3) is 2.33. The van der Waals surface area contributed by atoms with Crippen LogP contribution in [0.1, 0.15) is 30.6 Å². The van der Waals surface area contributed by atoms with E-state index in [0.29, 0.717) is 12.8 Å². The summed E-state index contributed by atoms with van der Waals surface area (Å²) in [5.41, 5.74) is 1.15. The Morgan fingerprint density at radius 1 is 1.32 bits per heavy atom. The molecule has 1 N–H and O–H groups in total. The van der Waals surface area contributed by atoms with Crippen molar-refractivity contribution >= 4 is 0 Å². The molecule has 0 radical (unpaired) electrons. The van der Waals surface area contributed by atoms with Crippen molar-refractivity contribution in [1.29, 1.82) is 0 Å². The first-order valence-electron chi connectivity index (χ1n) is 7.87. The molecule has 0 saturated carbocycles. The minimum Gasteiger partial charge on any atom is -0.454 e. The van der Waals surface area contributed by atoms with Crippen LogP contribution >= 0.6 is 0 Å². The molecular formula is C16H20N4O2. The molecule has 0 unspecified atom stereocenters. The van der Waals surface area contributed by atoms with Crippen LogP contribution < -0.4 is 14.8 Å². The van der Waals surface area contributed by atoms with E-state index in [9.17, 15) is 0 Å². The highest BCUT2D eigenvalue weighted by atomic mass is 16.7. The zero-order chi connectivity index (χ0) is 14.9. The Labute approximate surface area is 129 Å². The van der Waals surface area contributed by atoms with Crippen molar-refractivity contribution in [3.8, 4) is 11.5 Å². The Hall–Kier alpha value is -2.08. The molecule has 1 aromatic carbocycles. The van der Waals surface area contributed by atoms with E-state index in [1.165, 1.54) is 0 Å². The summed E-state index contributed by atoms with van der Waals surface area (Å²) in [7, 11) is 0. The Kier molecular flexibility index (Phi) is 3.46. The molecule has 0 aliphatic carbocycles. The Morgan fingerprint density at radius 3 is 3.18 bits per heavy atom. The predicted octanol–water partition coefficient (Wildman–Crippen LogP) is 1.67. The van der Waals surface area contributed by atoms with Crippen molar-refractivity contribution in [3.05, 3.63) is 35.4 Å². The lowest BCUT2D eigenvalue weighted by Crippen LogP contribution is -2.37. The fourth-order valence-corrected chi connectivity index (χ4v) is 3.20. The van der Waals surface area contributed by atoms with Crippen LogP contribution in [0.5, 0.6) is 11.5 Å². The first kappa shape index (κ1) is 13.6. The molecule has 0 spiro atoms. The summed E-state index contributed by atoms with van der Waals surface area (Å²) in [6, 6.07) is 6.49. The summed E-state index contributed by atoms with van der Waals surface area (Å²) in [5, 5.41) is 12.2. The Bertz CT molecular complexity index is 669. The SMILES string of the molecule is CCc1nnc2n1C[C@H](NCc1cccc3c1OCO3)CC2. The van der Waals surface area contributed by atoms with Crippen LogP contribution in [-0.4, -0.2) is 27.6 Å². The van der Waals surface area contributed by atoms with Gasteiger partial charge in [0.2, 0.25) is 6.79 Å². The maximum atomic E-state index is 5.56. The Morgan fingerprint density at radius 2 is 2.27 bits per heavy atom. The van der Waals surface area contributed by atoms with E-state index in [1.54, 1.807) is 0 Å². The van der Waals surface area contributed by atoms with Crippen molar-refractivity contribution in [1.82, 2.24) is 20.1 Å². The maximum absolute atomic E-state index is 5.56. The average Bonchev–Trinajstić information content (AvgIpc) is 3.18. The van der Waals surface area contributed by atoms with Gasteiger partial charge in [0, 0.05) is 37.5 Å². The molecule has 0 saturated heterocycles. The first-order valence-corrected chi connectivity index (χ1v) is 7.87. The number of hydrogen-bond acceptors (Lipinski definition) is 5. The molecule has 6 heteroatoms. The molecule has 0 amide bonds. The molecule has 1 aromatic heterocycles. The standard InChI is InChI=1S/C16H20N4O2/c1-2-14-18-19-15-7-6-12(9-20(14)15)17-8-11-4-3-5-13-16(11)22-10-21-13/h3-5,12,17H,2,6-10H2,1H3/t12-/m1/s1. The molecule has 2 aliphatic rings. The van der Waals surface area contributed by atoms with Crippen LogP contribution in [0, 0.1) is 0 Å². The monoisotopic (exact) mass is 300 g/mol. The van der Waals surface area contributed by atoms with E-state index in [-0.39, 0.29) is 0 Å². The van der Waals surface area contributed by atoms with Gasteiger partial charge in [-0.05, 0) is 12.5 Å². The van der Waals surface area contributed by atoms with Crippen molar-refractivity contribution in [3.63, 3.8) is 0 Å². The van der Waals surface area contributed by atoms with Gasteiger partial charge in [-0.2, -0.15) is 0 Å². The van der Waals surface area contributed by atoms with Crippen molar-refractivity contribution in [2.75, 3.05) is 6.79 Å². The molecule has 6 nitrogen and oxygen atoms in total. The molecule has 22 heavy (non-hydrogen) atoms. The number of aromatic nitrogens is 3. The van der Waals surface area contributed by atoms with E-state index in [2.05, 4.69) is 33.1 Å². The van der Waals surface area contributed by atoms with E-state index in [4.69, 9.17) is 9.47 Å². The molecule has 2 aliphatic heterocycles. The lowest BCUT2D eigenvalue weighted by molar-refractivity contribution is 0.173. The first-order chi connectivity index (χ1) is 10.8. The molecule has 4 rings (SSSR count). The summed E-state index contributed by atoms with van der Waals surface area (Å²) < 4.78 is 13.2. The van der Waals surface area contributed by atoms with E-state index in [0.717, 1.165) is 61.1 Å². The smallest absolute Gasteiger partial charge is 0.231 e. The number of ether oxygens (including phenoxy) is 2. The minimum absolute atomic E-state index is 0.319. The second-order valence-corrected chi connectivity index (χ2v) is 5.76. The lowest BCUT2D eigenvalue weighted by atomic mass is 10.1. The predicted molar refractivity (Wildman–Crippen MR) is 80.9 cm³/mol. The van der Waals surface area contributed by atoms with Crippen LogP contribution in [0.3, 0.4) is 0 Å². The number of aryl methyl sites for hydroxylation is 2. The highest BCUT2D eigenvalue weighted by Crippen LogP contribution is 2.35. The summed E-state index contributed by atoms with van der Waals surface area (Å²) in [4.78, 5) is 0. The quantitative estimate of drug-likeness (QED) is 0.931. The Balaban J connectivity index is 1.44. The number of benzene rings is 1. The van der Waals surface area contributed by atoms with Gasteiger partial charge in [-0.25, -0.2) is 0 Å². The van der Waals surface area contributed by atoms with E-state index in [1.807, 2.05) is 12.1 Å². The topological polar surface area (TPSA) is 61.2 Å². The zero-order valence-electron chi connectivity index (χ0n) is 12.7. The van der Waals surface area contributed by atoms with Crippen LogP contribution in [-0.2, 0) is 25.9 Å². The van der Waals surface area contributed by atoms with Crippen LogP contribution in [0.2, 0.25) is 0 Å². The van der Waals surface area contributed by atoms with Gasteiger partial charge in [0.05, 0.1) is 0 Å². The average molecular weight is 300 g/mol. The molecule has 116 valence electrons. The molecule has 0 bridgehead atoms. The molecular weight excluding hydrogens is 280 g/mol. The van der Waals surface area contributed by atoms with Gasteiger partial charge in [0.15, 0.2) is 11.5 Å².